The first-order valence-electron chi connectivity index (χ1n) is 8.82. The molecule has 25 heavy (non-hydrogen) atoms. The predicted molar refractivity (Wildman–Crippen MR) is 97.1 cm³/mol. The van der Waals surface area contributed by atoms with E-state index < -0.39 is 0 Å². The van der Waals surface area contributed by atoms with Gasteiger partial charge in [-0.05, 0) is 56.9 Å². The van der Waals surface area contributed by atoms with E-state index in [0.29, 0.717) is 12.5 Å². The third-order valence-electron chi connectivity index (χ3n) is 5.35. The molecule has 0 amide bonds. The number of fused-ring (bicyclic) bond motifs is 1. The molecule has 4 nitrogen and oxygen atoms in total. The van der Waals surface area contributed by atoms with Crippen molar-refractivity contribution in [3.8, 4) is 0 Å². The minimum Gasteiger partial charge on any atom is -0.378 e. The van der Waals surface area contributed by atoms with E-state index in [1.807, 2.05) is 12.1 Å². The normalized spacial score (nSPS) is 21.0. The van der Waals surface area contributed by atoms with Gasteiger partial charge in [-0.3, -0.25) is 5.01 Å². The van der Waals surface area contributed by atoms with Crippen molar-refractivity contribution in [3.63, 3.8) is 0 Å². The first-order chi connectivity index (χ1) is 12.0. The number of rotatable bonds is 5. The van der Waals surface area contributed by atoms with Gasteiger partial charge in [0.25, 0.3) is 0 Å². The summed E-state index contributed by atoms with van der Waals surface area (Å²) >= 11 is 0. The third-order valence-corrected chi connectivity index (χ3v) is 5.35. The minimum atomic E-state index is -0.230. The Labute approximate surface area is 148 Å². The van der Waals surface area contributed by atoms with E-state index in [2.05, 4.69) is 29.9 Å². The van der Waals surface area contributed by atoms with Gasteiger partial charge in [-0.15, -0.1) is 0 Å². The SMILES string of the molecule is COCC1=NC2=CCN(C(C)(C)C3CC3)N2C(c2cccc(F)c2)=C1. The molecule has 0 N–H and O–H groups in total. The Kier molecular flexibility index (Phi) is 4.01. The van der Waals surface area contributed by atoms with Crippen molar-refractivity contribution in [2.45, 2.75) is 32.2 Å². The number of methoxy groups -OCH3 is 1. The highest BCUT2D eigenvalue weighted by Gasteiger charge is 2.47. The zero-order valence-corrected chi connectivity index (χ0v) is 15.0. The quantitative estimate of drug-likeness (QED) is 0.815. The third kappa shape index (κ3) is 2.92. The summed E-state index contributed by atoms with van der Waals surface area (Å²) in [6.07, 6.45) is 6.69. The van der Waals surface area contributed by atoms with Gasteiger partial charge in [0.2, 0.25) is 0 Å². The Morgan fingerprint density at radius 2 is 2.12 bits per heavy atom. The van der Waals surface area contributed by atoms with Crippen molar-refractivity contribution in [3.05, 3.63) is 53.6 Å². The molecule has 5 heteroatoms. The van der Waals surface area contributed by atoms with Gasteiger partial charge >= 0.3 is 0 Å². The van der Waals surface area contributed by atoms with E-state index in [0.717, 1.165) is 29.3 Å². The summed E-state index contributed by atoms with van der Waals surface area (Å²) in [4.78, 5) is 4.74. The molecule has 2 heterocycles. The molecule has 0 saturated heterocycles. The number of ether oxygens (including phenoxy) is 1. The number of aliphatic imine (C=N–C) groups is 1. The lowest BCUT2D eigenvalue weighted by Gasteiger charge is -2.44. The van der Waals surface area contributed by atoms with Crippen molar-refractivity contribution >= 4 is 11.4 Å². The maximum absolute atomic E-state index is 13.9. The maximum Gasteiger partial charge on any atom is 0.145 e. The second kappa shape index (κ2) is 6.07. The van der Waals surface area contributed by atoms with E-state index in [9.17, 15) is 4.39 Å². The van der Waals surface area contributed by atoms with E-state index in [1.54, 1.807) is 19.2 Å². The molecule has 1 fully saturated rings. The molecule has 1 aromatic rings. The lowest BCUT2D eigenvalue weighted by Crippen LogP contribution is -2.52. The van der Waals surface area contributed by atoms with Gasteiger partial charge in [-0.1, -0.05) is 12.1 Å². The van der Waals surface area contributed by atoms with Crippen LogP contribution in [0.5, 0.6) is 0 Å². The smallest absolute Gasteiger partial charge is 0.145 e. The zero-order valence-electron chi connectivity index (χ0n) is 15.0. The molecule has 1 aromatic carbocycles. The van der Waals surface area contributed by atoms with E-state index in [4.69, 9.17) is 9.73 Å². The highest BCUT2D eigenvalue weighted by atomic mass is 19.1. The fourth-order valence-corrected chi connectivity index (χ4v) is 3.77. The Balaban J connectivity index is 1.76. The van der Waals surface area contributed by atoms with Crippen LogP contribution in [-0.2, 0) is 4.74 Å². The number of hydrogen-bond donors (Lipinski definition) is 0. The molecule has 0 spiro atoms. The van der Waals surface area contributed by atoms with Gasteiger partial charge in [-0.2, -0.15) is 0 Å². The fraction of sp³-hybridized carbons (Fsp3) is 0.450. The van der Waals surface area contributed by atoms with Crippen molar-refractivity contribution < 1.29 is 9.13 Å². The molecule has 1 aliphatic carbocycles. The maximum atomic E-state index is 13.9. The van der Waals surface area contributed by atoms with Crippen molar-refractivity contribution in [1.82, 2.24) is 10.0 Å². The highest BCUT2D eigenvalue weighted by molar-refractivity contribution is 6.03. The predicted octanol–water partition coefficient (Wildman–Crippen LogP) is 3.83. The number of hydrogen-bond acceptors (Lipinski definition) is 4. The Bertz CT molecular complexity index is 777. The van der Waals surface area contributed by atoms with Gasteiger partial charge in [0, 0.05) is 24.8 Å². The van der Waals surface area contributed by atoms with Crippen LogP contribution < -0.4 is 0 Å². The molecule has 0 radical (unpaired) electrons. The molecular weight excluding hydrogens is 317 g/mol. The van der Waals surface area contributed by atoms with Crippen molar-refractivity contribution in [1.29, 1.82) is 0 Å². The van der Waals surface area contributed by atoms with Gasteiger partial charge in [0.1, 0.15) is 11.6 Å². The van der Waals surface area contributed by atoms with E-state index in [-0.39, 0.29) is 11.4 Å². The molecule has 0 bridgehead atoms. The summed E-state index contributed by atoms with van der Waals surface area (Å²) in [7, 11) is 1.66. The number of halogens is 1. The first-order valence-corrected chi connectivity index (χ1v) is 8.82. The standard InChI is InChI=1S/C20H24FN3O/c1-20(2,15-7-8-15)23-10-9-19-22-17(13-25-3)12-18(24(19)23)14-5-4-6-16(21)11-14/h4-6,9,11-12,15H,7-8,10,13H2,1-3H3. The van der Waals surface area contributed by atoms with Gasteiger partial charge in [0.05, 0.1) is 18.0 Å². The molecule has 0 unspecified atom stereocenters. The summed E-state index contributed by atoms with van der Waals surface area (Å²) in [6.45, 7) is 5.84. The van der Waals surface area contributed by atoms with Gasteiger partial charge in [0.15, 0.2) is 0 Å². The van der Waals surface area contributed by atoms with Gasteiger partial charge in [-0.25, -0.2) is 14.4 Å². The molecule has 0 atom stereocenters. The van der Waals surface area contributed by atoms with Crippen LogP contribution in [0.25, 0.3) is 5.70 Å². The Morgan fingerprint density at radius 3 is 2.80 bits per heavy atom. The van der Waals surface area contributed by atoms with Gasteiger partial charge < -0.3 is 4.74 Å². The second-order valence-corrected chi connectivity index (χ2v) is 7.46. The number of benzene rings is 1. The average molecular weight is 341 g/mol. The minimum absolute atomic E-state index is 0.0406. The van der Waals surface area contributed by atoms with Crippen LogP contribution in [0.1, 0.15) is 32.3 Å². The van der Waals surface area contributed by atoms with Crippen LogP contribution in [0.2, 0.25) is 0 Å². The molecule has 2 aliphatic heterocycles. The molecule has 0 aromatic heterocycles. The Hall–Kier alpha value is -1.98. The van der Waals surface area contributed by atoms with Crippen molar-refractivity contribution in [2.75, 3.05) is 20.3 Å². The van der Waals surface area contributed by atoms with E-state index in [1.165, 1.54) is 18.9 Å². The summed E-state index contributed by atoms with van der Waals surface area (Å²) in [5.41, 5.74) is 2.71. The number of nitrogens with zero attached hydrogens (tertiary/aromatic N) is 3. The topological polar surface area (TPSA) is 28.1 Å². The largest absolute Gasteiger partial charge is 0.378 e. The fourth-order valence-electron chi connectivity index (χ4n) is 3.77. The molecule has 3 aliphatic rings. The zero-order chi connectivity index (χ0) is 17.6. The summed E-state index contributed by atoms with van der Waals surface area (Å²) in [5, 5.41) is 4.52. The molecule has 1 saturated carbocycles. The van der Waals surface area contributed by atoms with Crippen LogP contribution in [-0.4, -0.2) is 41.5 Å². The second-order valence-electron chi connectivity index (χ2n) is 7.46. The molecule has 132 valence electrons. The lowest BCUT2D eigenvalue weighted by atomic mass is 9.97. The van der Waals surface area contributed by atoms with Crippen LogP contribution in [0.15, 0.2) is 47.2 Å². The monoisotopic (exact) mass is 341 g/mol. The number of hydrazine groups is 1. The first kappa shape index (κ1) is 16.5. The lowest BCUT2D eigenvalue weighted by molar-refractivity contribution is -0.0179. The van der Waals surface area contributed by atoms with Crippen LogP contribution in [0.4, 0.5) is 4.39 Å². The summed E-state index contributed by atoms with van der Waals surface area (Å²) in [5.74, 6) is 1.37. The average Bonchev–Trinajstić information content (AvgIpc) is 3.35. The van der Waals surface area contributed by atoms with Crippen LogP contribution in [0, 0.1) is 11.7 Å². The summed E-state index contributed by atoms with van der Waals surface area (Å²) < 4.78 is 19.1. The molecular formula is C20H24FN3O. The molecule has 4 rings (SSSR count). The van der Waals surface area contributed by atoms with Crippen molar-refractivity contribution in [2.24, 2.45) is 10.9 Å². The van der Waals surface area contributed by atoms with Crippen LogP contribution in [0.3, 0.4) is 0 Å². The van der Waals surface area contributed by atoms with Crippen LogP contribution >= 0.6 is 0 Å². The Morgan fingerprint density at radius 1 is 1.32 bits per heavy atom. The van der Waals surface area contributed by atoms with E-state index >= 15 is 0 Å². The summed E-state index contributed by atoms with van der Waals surface area (Å²) in [6, 6.07) is 6.76. The highest BCUT2D eigenvalue weighted by Crippen LogP contribution is 2.47.